The summed E-state index contributed by atoms with van der Waals surface area (Å²) >= 11 is 8.26. The molecule has 1 N–H and O–H groups in total. The van der Waals surface area contributed by atoms with Gasteiger partial charge in [0.05, 0.1) is 12.1 Å². The first kappa shape index (κ1) is 30.7. The van der Waals surface area contributed by atoms with Gasteiger partial charge in [0, 0.05) is 29.0 Å². The van der Waals surface area contributed by atoms with Crippen molar-refractivity contribution in [2.75, 3.05) is 20.8 Å². The predicted octanol–water partition coefficient (Wildman–Crippen LogP) is 7.82. The molecule has 0 radical (unpaired) electrons. The van der Waals surface area contributed by atoms with E-state index in [2.05, 4.69) is 36.5 Å². The summed E-state index contributed by atoms with van der Waals surface area (Å²) in [7, 11) is -1.23. The van der Waals surface area contributed by atoms with Gasteiger partial charge in [0.2, 0.25) is 0 Å². The van der Waals surface area contributed by atoms with Crippen LogP contribution in [0.3, 0.4) is 0 Å². The number of halogens is 1. The van der Waals surface area contributed by atoms with E-state index in [1.807, 2.05) is 18.2 Å². The summed E-state index contributed by atoms with van der Waals surface area (Å²) < 4.78 is 33.0. The molecule has 10 heteroatoms. The van der Waals surface area contributed by atoms with Crippen molar-refractivity contribution in [2.24, 2.45) is 0 Å². The maximum Gasteiger partial charge on any atom is 0.474 e. The van der Waals surface area contributed by atoms with Crippen molar-refractivity contribution in [1.82, 2.24) is 5.32 Å². The molecule has 0 saturated carbocycles. The Kier molecular flexibility index (Phi) is 11.3. The van der Waals surface area contributed by atoms with Crippen molar-refractivity contribution in [2.45, 2.75) is 74.8 Å². The van der Waals surface area contributed by atoms with Crippen LogP contribution in [0.4, 0.5) is 4.79 Å². The zero-order chi connectivity index (χ0) is 27.0. The number of ether oxygens (including phenoxy) is 1. The van der Waals surface area contributed by atoms with Crippen molar-refractivity contribution < 1.29 is 27.7 Å². The fourth-order valence-corrected chi connectivity index (χ4v) is 5.52. The lowest BCUT2D eigenvalue weighted by Gasteiger charge is -2.32. The molecule has 2 aromatic rings. The normalized spacial score (nSPS) is 13.8. The predicted molar refractivity (Wildman–Crippen MR) is 145 cm³/mol. The van der Waals surface area contributed by atoms with Gasteiger partial charge in [0.25, 0.3) is 0 Å². The number of benzene rings is 2. The van der Waals surface area contributed by atoms with E-state index in [4.69, 9.17) is 29.9 Å². The first-order chi connectivity index (χ1) is 16.8. The minimum atomic E-state index is -3.71. The number of rotatable bonds is 12. The number of aryl methyl sites for hydroxylation is 2. The smallest absolute Gasteiger partial charge is 0.444 e. The third-order valence-electron chi connectivity index (χ3n) is 5.22. The van der Waals surface area contributed by atoms with E-state index in [0.29, 0.717) is 24.3 Å². The van der Waals surface area contributed by atoms with Crippen LogP contribution in [0.1, 0.15) is 51.7 Å². The van der Waals surface area contributed by atoms with Gasteiger partial charge in [-0.25, -0.2) is 9.36 Å². The molecule has 200 valence electrons. The monoisotopic (exact) mass is 557 g/mol. The number of nitrogens with one attached hydrogen (secondary N) is 1. The summed E-state index contributed by atoms with van der Waals surface area (Å²) in [5.41, 5.74) is 0.668. The minimum Gasteiger partial charge on any atom is -0.444 e. The SMILES string of the molecule is COP(=O)(OC)OC[C@@](C)(CCCc1ccc(Sc2cccc(C)c2)cc1Cl)NC(=O)OC(C)(C)C. The molecule has 1 atom stereocenters. The second-order valence-electron chi connectivity index (χ2n) is 9.80. The Morgan fingerprint density at radius 3 is 2.31 bits per heavy atom. The highest BCUT2D eigenvalue weighted by Crippen LogP contribution is 2.48. The van der Waals surface area contributed by atoms with Gasteiger partial charge >= 0.3 is 13.9 Å². The Hall–Kier alpha value is -1.54. The highest BCUT2D eigenvalue weighted by atomic mass is 35.5. The van der Waals surface area contributed by atoms with Crippen molar-refractivity contribution in [3.8, 4) is 0 Å². The van der Waals surface area contributed by atoms with Gasteiger partial charge < -0.3 is 10.1 Å². The lowest BCUT2D eigenvalue weighted by molar-refractivity contribution is 0.0386. The molecule has 0 aliphatic heterocycles. The number of hydrogen-bond donors (Lipinski definition) is 1. The van der Waals surface area contributed by atoms with Gasteiger partial charge in [-0.05, 0) is 83.7 Å². The van der Waals surface area contributed by atoms with Crippen molar-refractivity contribution >= 4 is 37.3 Å². The Morgan fingerprint density at radius 1 is 1.06 bits per heavy atom. The third kappa shape index (κ3) is 10.4. The van der Waals surface area contributed by atoms with Crippen LogP contribution in [-0.2, 0) is 29.3 Å². The molecule has 0 aliphatic carbocycles. The molecule has 7 nitrogen and oxygen atoms in total. The summed E-state index contributed by atoms with van der Waals surface area (Å²) in [5, 5.41) is 3.55. The average Bonchev–Trinajstić information content (AvgIpc) is 2.78. The molecule has 1 amide bonds. The topological polar surface area (TPSA) is 83.1 Å². The summed E-state index contributed by atoms with van der Waals surface area (Å²) in [6.07, 6.45) is 1.29. The maximum absolute atomic E-state index is 12.5. The molecule has 0 unspecified atom stereocenters. The lowest BCUT2D eigenvalue weighted by Crippen LogP contribution is -2.51. The van der Waals surface area contributed by atoms with Crippen LogP contribution in [0.2, 0.25) is 5.02 Å². The molecule has 0 saturated heterocycles. The van der Waals surface area contributed by atoms with E-state index in [-0.39, 0.29) is 6.61 Å². The van der Waals surface area contributed by atoms with Gasteiger partial charge in [-0.3, -0.25) is 13.6 Å². The van der Waals surface area contributed by atoms with Gasteiger partial charge in [-0.2, -0.15) is 0 Å². The van der Waals surface area contributed by atoms with E-state index in [9.17, 15) is 9.36 Å². The first-order valence-electron chi connectivity index (χ1n) is 11.7. The van der Waals surface area contributed by atoms with Crippen molar-refractivity contribution in [3.05, 3.63) is 58.6 Å². The van der Waals surface area contributed by atoms with Crippen molar-refractivity contribution in [3.63, 3.8) is 0 Å². The van der Waals surface area contributed by atoms with Crippen LogP contribution >= 0.6 is 31.2 Å². The highest BCUT2D eigenvalue weighted by molar-refractivity contribution is 7.99. The van der Waals surface area contributed by atoms with Crippen LogP contribution in [0.25, 0.3) is 0 Å². The van der Waals surface area contributed by atoms with E-state index >= 15 is 0 Å². The number of carbonyl (C=O) groups excluding carboxylic acids is 1. The molecule has 2 rings (SSSR count). The van der Waals surface area contributed by atoms with Gasteiger partial charge in [-0.15, -0.1) is 0 Å². The Bertz CT molecular complexity index is 1070. The van der Waals surface area contributed by atoms with E-state index in [1.165, 1.54) is 19.8 Å². The quantitative estimate of drug-likeness (QED) is 0.266. The second kappa shape index (κ2) is 13.3. The van der Waals surface area contributed by atoms with Crippen LogP contribution in [0, 0.1) is 6.92 Å². The van der Waals surface area contributed by atoms with Crippen LogP contribution in [-0.4, -0.2) is 38.1 Å². The van der Waals surface area contributed by atoms with Gasteiger partial charge in [-0.1, -0.05) is 47.1 Å². The number of amides is 1. The molecule has 0 aromatic heterocycles. The summed E-state index contributed by atoms with van der Waals surface area (Å²) in [6, 6.07) is 14.4. The fourth-order valence-electron chi connectivity index (χ4n) is 3.40. The highest BCUT2D eigenvalue weighted by Gasteiger charge is 2.33. The Morgan fingerprint density at radius 2 is 1.72 bits per heavy atom. The number of phosphoric acid groups is 1. The third-order valence-corrected chi connectivity index (χ3v) is 7.89. The summed E-state index contributed by atoms with van der Waals surface area (Å²) in [5.74, 6) is 0. The van der Waals surface area contributed by atoms with Crippen LogP contribution in [0.15, 0.2) is 52.3 Å². The zero-order valence-corrected chi connectivity index (χ0v) is 24.5. The first-order valence-corrected chi connectivity index (χ1v) is 14.3. The number of hydrogen-bond acceptors (Lipinski definition) is 7. The van der Waals surface area contributed by atoms with Gasteiger partial charge in [0.1, 0.15) is 5.60 Å². The summed E-state index contributed by atoms with van der Waals surface area (Å²) in [6.45, 7) is 9.13. The van der Waals surface area contributed by atoms with Gasteiger partial charge in [0.15, 0.2) is 0 Å². The maximum atomic E-state index is 12.5. The molecule has 0 fully saturated rings. The number of phosphoric ester groups is 1. The van der Waals surface area contributed by atoms with Crippen LogP contribution in [0.5, 0.6) is 0 Å². The number of alkyl carbamates (subject to hydrolysis) is 1. The lowest BCUT2D eigenvalue weighted by atomic mass is 9.94. The molecule has 2 aromatic carbocycles. The summed E-state index contributed by atoms with van der Waals surface area (Å²) in [4.78, 5) is 14.7. The fraction of sp³-hybridized carbons (Fsp3) is 0.500. The molecule has 0 spiro atoms. The van der Waals surface area contributed by atoms with E-state index in [1.54, 1.807) is 39.5 Å². The number of carbonyl (C=O) groups is 1. The minimum absolute atomic E-state index is 0.0923. The molecular weight excluding hydrogens is 521 g/mol. The Labute approximate surface area is 224 Å². The zero-order valence-electron chi connectivity index (χ0n) is 22.1. The van der Waals surface area contributed by atoms with E-state index < -0.39 is 25.1 Å². The van der Waals surface area contributed by atoms with Crippen molar-refractivity contribution in [1.29, 1.82) is 0 Å². The molecular formula is C26H37ClNO6PS. The Balaban J connectivity index is 2.06. The standard InChI is InChI=1S/C26H37ClNO6PS/c1-19-10-8-12-21(16-19)36-22-14-13-20(23(27)17-22)11-9-15-26(5,18-33-35(30,31-6)32-7)28-24(29)34-25(2,3)4/h8,10,12-14,16-17H,9,11,15,18H2,1-7H3,(H,28,29)/t26-/m1/s1. The largest absolute Gasteiger partial charge is 0.474 e. The molecule has 36 heavy (non-hydrogen) atoms. The van der Waals surface area contributed by atoms with E-state index in [0.717, 1.165) is 15.4 Å². The second-order valence-corrected chi connectivity index (χ2v) is 13.2. The molecule has 0 bridgehead atoms. The van der Waals surface area contributed by atoms with Crippen LogP contribution < -0.4 is 5.32 Å². The molecule has 0 aliphatic rings. The average molecular weight is 558 g/mol. The molecule has 0 heterocycles.